The molecule has 1 fully saturated rings. The van der Waals surface area contributed by atoms with Crippen molar-refractivity contribution in [3.05, 3.63) is 153 Å². The molecule has 0 aliphatic carbocycles. The third-order valence-electron chi connectivity index (χ3n) is 7.30. The van der Waals surface area contributed by atoms with Crippen molar-refractivity contribution in [2.45, 2.75) is 28.7 Å². The minimum absolute atomic E-state index is 0.183. The monoisotopic (exact) mass is 582 g/mol. The third-order valence-corrected chi connectivity index (χ3v) is 9.06. The SMILES string of the molecule is COC(=O)C1CC(SC(c2ccccc2)(c2ccccc2)c2ccccc2)CN1.O=C1OC([N+](=O)[O-])c2ccc1cc2. The summed E-state index contributed by atoms with van der Waals surface area (Å²) in [6, 6.07) is 37.8. The molecule has 7 rings (SSSR count). The first-order chi connectivity index (χ1) is 20.4. The van der Waals surface area contributed by atoms with Crippen LogP contribution in [0.25, 0.3) is 0 Å². The molecule has 2 bridgehead atoms. The zero-order chi connectivity index (χ0) is 29.5. The molecule has 0 spiro atoms. The number of methoxy groups -OCH3 is 1. The zero-order valence-electron chi connectivity index (χ0n) is 22.9. The van der Waals surface area contributed by atoms with Crippen LogP contribution in [0.5, 0.6) is 0 Å². The lowest BCUT2D eigenvalue weighted by Gasteiger charge is -2.37. The van der Waals surface area contributed by atoms with Crippen LogP contribution in [0.2, 0.25) is 0 Å². The fraction of sp³-hybridized carbons (Fsp3) is 0.212. The lowest BCUT2D eigenvalue weighted by Crippen LogP contribution is -2.31. The van der Waals surface area contributed by atoms with E-state index in [0.29, 0.717) is 11.1 Å². The van der Waals surface area contributed by atoms with Crippen molar-refractivity contribution in [1.29, 1.82) is 0 Å². The molecule has 3 heterocycles. The molecule has 3 unspecified atom stereocenters. The molecule has 214 valence electrons. The number of benzene rings is 4. The van der Waals surface area contributed by atoms with Crippen LogP contribution >= 0.6 is 11.8 Å². The Morgan fingerprint density at radius 3 is 1.83 bits per heavy atom. The van der Waals surface area contributed by atoms with E-state index in [1.54, 1.807) is 0 Å². The van der Waals surface area contributed by atoms with Gasteiger partial charge in [-0.25, -0.2) is 4.79 Å². The van der Waals surface area contributed by atoms with Gasteiger partial charge in [-0.15, -0.1) is 11.8 Å². The number of ether oxygens (including phenoxy) is 2. The first kappa shape index (κ1) is 29.0. The molecule has 3 atom stereocenters. The van der Waals surface area contributed by atoms with Crippen LogP contribution in [0.3, 0.4) is 0 Å². The van der Waals surface area contributed by atoms with Crippen molar-refractivity contribution >= 4 is 23.7 Å². The first-order valence-electron chi connectivity index (χ1n) is 13.5. The molecular weight excluding hydrogens is 552 g/mol. The molecule has 0 amide bonds. The van der Waals surface area contributed by atoms with Gasteiger partial charge in [0, 0.05) is 11.8 Å². The summed E-state index contributed by atoms with van der Waals surface area (Å²) < 4.78 is 9.22. The Kier molecular flexibility index (Phi) is 9.00. The summed E-state index contributed by atoms with van der Waals surface area (Å²) in [6.07, 6.45) is -0.606. The van der Waals surface area contributed by atoms with E-state index in [-0.39, 0.29) is 22.0 Å². The summed E-state index contributed by atoms with van der Waals surface area (Å²) in [7, 11) is 1.45. The van der Waals surface area contributed by atoms with E-state index in [4.69, 9.17) is 4.74 Å². The minimum Gasteiger partial charge on any atom is -0.468 e. The number of nitrogens with zero attached hydrogens (tertiary/aromatic N) is 1. The number of nitrogens with one attached hydrogen (secondary N) is 1. The van der Waals surface area contributed by atoms with Crippen molar-refractivity contribution in [3.63, 3.8) is 0 Å². The molecule has 0 saturated carbocycles. The number of nitro groups is 1. The second kappa shape index (κ2) is 13.0. The van der Waals surface area contributed by atoms with Crippen molar-refractivity contribution in [3.8, 4) is 0 Å². The standard InChI is InChI=1S/C25H25NO2S.C8H5NO4/c1-28-24(27)23-17-22(18-26-23)29-25(19-11-5-2-6-12-19,20-13-7-3-8-14-20)21-15-9-4-10-16-21;10-8-6-3-1-5(2-4-6)7(13-8)9(11)12/h2-16,22-23,26H,17-18H2,1H3;1-4,7H. The van der Waals surface area contributed by atoms with Crippen LogP contribution in [-0.2, 0) is 19.0 Å². The topological polar surface area (TPSA) is 108 Å². The predicted molar refractivity (Wildman–Crippen MR) is 161 cm³/mol. The smallest absolute Gasteiger partial charge is 0.383 e. The van der Waals surface area contributed by atoms with Crippen LogP contribution < -0.4 is 5.32 Å². The molecule has 8 nitrogen and oxygen atoms in total. The molecule has 1 saturated heterocycles. The third kappa shape index (κ3) is 6.07. The maximum Gasteiger partial charge on any atom is 0.383 e. The van der Waals surface area contributed by atoms with Crippen molar-refractivity contribution in [2.75, 3.05) is 13.7 Å². The summed E-state index contributed by atoms with van der Waals surface area (Å²) >= 11 is 1.92. The average Bonchev–Trinajstić information content (AvgIpc) is 3.38. The number of rotatable bonds is 7. The Labute approximate surface area is 248 Å². The zero-order valence-corrected chi connectivity index (χ0v) is 23.7. The van der Waals surface area contributed by atoms with Crippen molar-refractivity contribution in [1.82, 2.24) is 5.32 Å². The number of hydrogen-bond donors (Lipinski definition) is 1. The van der Waals surface area contributed by atoms with Gasteiger partial charge in [0.25, 0.3) is 0 Å². The molecule has 1 N–H and O–H groups in total. The average molecular weight is 583 g/mol. The predicted octanol–water partition coefficient (Wildman–Crippen LogP) is 5.75. The quantitative estimate of drug-likeness (QED) is 0.127. The molecule has 3 aliphatic rings. The molecule has 3 aliphatic heterocycles. The summed E-state index contributed by atoms with van der Waals surface area (Å²) in [5.74, 6) is -0.834. The van der Waals surface area contributed by atoms with E-state index >= 15 is 0 Å². The van der Waals surface area contributed by atoms with Gasteiger partial charge in [-0.05, 0) is 47.4 Å². The van der Waals surface area contributed by atoms with Gasteiger partial charge in [0.15, 0.2) is 0 Å². The van der Waals surface area contributed by atoms with E-state index in [0.717, 1.165) is 13.0 Å². The molecule has 4 aromatic rings. The molecule has 4 aromatic carbocycles. The number of carbonyl (C=O) groups excluding carboxylic acids is 2. The number of hydrogen-bond acceptors (Lipinski definition) is 8. The Balaban J connectivity index is 0.000000226. The Hall–Kier alpha value is -4.47. The van der Waals surface area contributed by atoms with Crippen molar-refractivity contribution < 1.29 is 24.0 Å². The number of carbonyl (C=O) groups is 2. The highest BCUT2D eigenvalue weighted by Crippen LogP contribution is 2.51. The second-order valence-corrected chi connectivity index (χ2v) is 11.4. The van der Waals surface area contributed by atoms with Gasteiger partial charge < -0.3 is 14.8 Å². The van der Waals surface area contributed by atoms with Crippen LogP contribution in [0.4, 0.5) is 0 Å². The van der Waals surface area contributed by atoms with Gasteiger partial charge in [0.1, 0.15) is 6.04 Å². The molecule has 42 heavy (non-hydrogen) atoms. The summed E-state index contributed by atoms with van der Waals surface area (Å²) in [5.41, 5.74) is 4.45. The van der Waals surface area contributed by atoms with E-state index in [1.165, 1.54) is 48.1 Å². The van der Waals surface area contributed by atoms with Crippen LogP contribution in [-0.4, -0.2) is 41.8 Å². The van der Waals surface area contributed by atoms with Gasteiger partial charge in [0.2, 0.25) is 0 Å². The summed E-state index contributed by atoms with van der Waals surface area (Å²) in [6.45, 7) is 0.776. The van der Waals surface area contributed by atoms with E-state index in [9.17, 15) is 19.7 Å². The number of esters is 2. The lowest BCUT2D eigenvalue weighted by atomic mass is 9.84. The normalized spacial score (nSPS) is 19.2. The van der Waals surface area contributed by atoms with Gasteiger partial charge >= 0.3 is 18.2 Å². The minimum atomic E-state index is -1.36. The molecule has 9 heteroatoms. The van der Waals surface area contributed by atoms with Crippen LogP contribution in [0.1, 0.15) is 45.3 Å². The number of fused-ring (bicyclic) bond motifs is 4. The molecular formula is C33H30N2O6S. The van der Waals surface area contributed by atoms with Gasteiger partial charge in [-0.3, -0.25) is 14.9 Å². The summed E-state index contributed by atoms with van der Waals surface area (Å²) in [4.78, 5) is 33.0. The number of thioether (sulfide) groups is 1. The first-order valence-corrected chi connectivity index (χ1v) is 14.4. The van der Waals surface area contributed by atoms with Crippen molar-refractivity contribution in [2.24, 2.45) is 0 Å². The fourth-order valence-corrected chi connectivity index (χ4v) is 7.06. The second-order valence-electron chi connectivity index (χ2n) is 9.90. The summed E-state index contributed by atoms with van der Waals surface area (Å²) in [5, 5.41) is 14.1. The molecule has 0 radical (unpaired) electrons. The Morgan fingerprint density at radius 1 is 0.881 bits per heavy atom. The van der Waals surface area contributed by atoms with Crippen LogP contribution in [0, 0.1) is 10.1 Å². The van der Waals surface area contributed by atoms with E-state index < -0.39 is 17.1 Å². The highest BCUT2D eigenvalue weighted by molar-refractivity contribution is 8.01. The van der Waals surface area contributed by atoms with E-state index in [1.807, 2.05) is 11.8 Å². The fourth-order valence-electron chi connectivity index (χ4n) is 5.27. The van der Waals surface area contributed by atoms with Gasteiger partial charge in [-0.1, -0.05) is 91.0 Å². The Bertz CT molecular complexity index is 1420. The van der Waals surface area contributed by atoms with Crippen LogP contribution in [0.15, 0.2) is 115 Å². The largest absolute Gasteiger partial charge is 0.468 e. The maximum atomic E-state index is 12.0. The van der Waals surface area contributed by atoms with Gasteiger partial charge in [-0.2, -0.15) is 0 Å². The highest BCUT2D eigenvalue weighted by Gasteiger charge is 2.42. The van der Waals surface area contributed by atoms with E-state index in [2.05, 4.69) is 101 Å². The lowest BCUT2D eigenvalue weighted by molar-refractivity contribution is -0.574. The highest BCUT2D eigenvalue weighted by atomic mass is 32.2. The molecule has 0 aromatic heterocycles. The van der Waals surface area contributed by atoms with Gasteiger partial charge in [0.05, 0.1) is 27.9 Å². The maximum absolute atomic E-state index is 12.0. The Morgan fingerprint density at radius 2 is 1.38 bits per heavy atom.